The molecule has 0 fully saturated rings. The molecule has 1 aromatic heterocycles. The molecule has 0 saturated heterocycles. The molecule has 0 N–H and O–H groups in total. The predicted octanol–water partition coefficient (Wildman–Crippen LogP) is 4.45. The van der Waals surface area contributed by atoms with Gasteiger partial charge in [0.2, 0.25) is 11.2 Å². The Bertz CT molecular complexity index is 616. The summed E-state index contributed by atoms with van der Waals surface area (Å²) in [5.74, 6) is 1.02. The lowest BCUT2D eigenvalue weighted by Gasteiger charge is -2.16. The van der Waals surface area contributed by atoms with E-state index in [4.69, 9.17) is 27.9 Å². The molecule has 1 aromatic carbocycles. The van der Waals surface area contributed by atoms with Gasteiger partial charge < -0.3 is 4.74 Å². The first-order chi connectivity index (χ1) is 9.22. The zero-order valence-corrected chi connectivity index (χ0v) is 11.7. The number of rotatable bonds is 2. The predicted molar refractivity (Wildman–Crippen MR) is 75.2 cm³/mol. The molecule has 0 unspecified atom stereocenters. The Labute approximate surface area is 121 Å². The third-order valence-electron chi connectivity index (χ3n) is 3.22. The number of hydrogen-bond donors (Lipinski definition) is 0. The Morgan fingerprint density at radius 2 is 1.84 bits per heavy atom. The average molecular weight is 295 g/mol. The second-order valence-electron chi connectivity index (χ2n) is 4.53. The van der Waals surface area contributed by atoms with Gasteiger partial charge in [0.05, 0.1) is 6.20 Å². The molecule has 0 bridgehead atoms. The van der Waals surface area contributed by atoms with Gasteiger partial charge in [-0.05, 0) is 60.5 Å². The van der Waals surface area contributed by atoms with Crippen molar-refractivity contribution >= 4 is 23.2 Å². The van der Waals surface area contributed by atoms with Gasteiger partial charge in [0.1, 0.15) is 10.8 Å². The molecule has 0 amide bonds. The summed E-state index contributed by atoms with van der Waals surface area (Å²) in [6.45, 7) is 0. The smallest absolute Gasteiger partial charge is 0.242 e. The van der Waals surface area contributed by atoms with E-state index in [1.165, 1.54) is 30.2 Å². The van der Waals surface area contributed by atoms with E-state index in [2.05, 4.69) is 22.1 Å². The van der Waals surface area contributed by atoms with Gasteiger partial charge in [-0.2, -0.15) is 4.98 Å². The lowest BCUT2D eigenvalue weighted by Crippen LogP contribution is -2.02. The molecule has 1 aliphatic rings. The van der Waals surface area contributed by atoms with Crippen molar-refractivity contribution in [1.82, 2.24) is 9.97 Å². The number of fused-ring (bicyclic) bond motifs is 1. The van der Waals surface area contributed by atoms with Crippen LogP contribution in [0.4, 0.5) is 0 Å². The topological polar surface area (TPSA) is 35.0 Å². The second kappa shape index (κ2) is 5.35. The first-order valence-corrected chi connectivity index (χ1v) is 6.95. The van der Waals surface area contributed by atoms with Crippen LogP contribution in [0.2, 0.25) is 10.3 Å². The Hall–Kier alpha value is -1.32. The molecule has 0 spiro atoms. The van der Waals surface area contributed by atoms with Crippen LogP contribution in [0.25, 0.3) is 0 Å². The van der Waals surface area contributed by atoms with E-state index in [-0.39, 0.29) is 11.2 Å². The van der Waals surface area contributed by atoms with Crippen molar-refractivity contribution in [3.05, 3.63) is 45.8 Å². The van der Waals surface area contributed by atoms with Crippen molar-refractivity contribution in [2.24, 2.45) is 0 Å². The summed E-state index contributed by atoms with van der Waals surface area (Å²) in [5, 5.41) is 0.472. The molecule has 0 aliphatic heterocycles. The molecule has 5 heteroatoms. The lowest BCUT2D eigenvalue weighted by molar-refractivity contribution is 0.460. The van der Waals surface area contributed by atoms with E-state index >= 15 is 0 Å². The highest BCUT2D eigenvalue weighted by atomic mass is 35.5. The van der Waals surface area contributed by atoms with Gasteiger partial charge in [0, 0.05) is 0 Å². The summed E-state index contributed by atoms with van der Waals surface area (Å²) in [4.78, 5) is 7.77. The van der Waals surface area contributed by atoms with Crippen LogP contribution in [0.3, 0.4) is 0 Å². The fourth-order valence-electron chi connectivity index (χ4n) is 2.29. The second-order valence-corrected chi connectivity index (χ2v) is 5.28. The van der Waals surface area contributed by atoms with E-state index in [0.29, 0.717) is 5.02 Å². The van der Waals surface area contributed by atoms with Gasteiger partial charge >= 0.3 is 0 Å². The maximum atomic E-state index is 5.98. The highest BCUT2D eigenvalue weighted by Gasteiger charge is 2.12. The summed E-state index contributed by atoms with van der Waals surface area (Å²) in [5.41, 5.74) is 2.76. The zero-order valence-electron chi connectivity index (χ0n) is 10.2. The zero-order chi connectivity index (χ0) is 13.2. The van der Waals surface area contributed by atoms with Crippen molar-refractivity contribution < 1.29 is 4.74 Å². The van der Waals surface area contributed by atoms with Gasteiger partial charge in [-0.25, -0.2) is 4.98 Å². The SMILES string of the molecule is Clc1ncc(Cl)c(Oc2ccc3c(c2)CCCC3)n1. The minimum absolute atomic E-state index is 0.123. The van der Waals surface area contributed by atoms with Crippen LogP contribution in [0.1, 0.15) is 24.0 Å². The number of nitrogens with zero attached hydrogens (tertiary/aromatic N) is 2. The number of hydrogen-bond acceptors (Lipinski definition) is 3. The minimum Gasteiger partial charge on any atom is -0.437 e. The highest BCUT2D eigenvalue weighted by Crippen LogP contribution is 2.30. The molecule has 0 radical (unpaired) electrons. The molecule has 0 atom stereocenters. The first kappa shape index (κ1) is 12.7. The highest BCUT2D eigenvalue weighted by molar-refractivity contribution is 6.32. The van der Waals surface area contributed by atoms with Crippen LogP contribution >= 0.6 is 23.2 Å². The van der Waals surface area contributed by atoms with E-state index < -0.39 is 0 Å². The quantitative estimate of drug-likeness (QED) is 0.767. The van der Waals surface area contributed by atoms with E-state index in [9.17, 15) is 0 Å². The Kier molecular flexibility index (Phi) is 3.58. The van der Waals surface area contributed by atoms with E-state index in [1.807, 2.05) is 6.07 Å². The van der Waals surface area contributed by atoms with Crippen LogP contribution < -0.4 is 4.74 Å². The summed E-state index contributed by atoms with van der Waals surface area (Å²) in [7, 11) is 0. The lowest BCUT2D eigenvalue weighted by atomic mass is 9.92. The molecular weight excluding hydrogens is 283 g/mol. The van der Waals surface area contributed by atoms with Crippen molar-refractivity contribution in [3.63, 3.8) is 0 Å². The Morgan fingerprint density at radius 1 is 1.05 bits per heavy atom. The van der Waals surface area contributed by atoms with Gasteiger partial charge in [-0.15, -0.1) is 0 Å². The van der Waals surface area contributed by atoms with Crippen molar-refractivity contribution in [1.29, 1.82) is 0 Å². The van der Waals surface area contributed by atoms with Crippen molar-refractivity contribution in [3.8, 4) is 11.6 Å². The van der Waals surface area contributed by atoms with Crippen LogP contribution in [0.5, 0.6) is 11.6 Å². The third kappa shape index (κ3) is 2.82. The summed E-state index contributed by atoms with van der Waals surface area (Å²) >= 11 is 11.7. The molecule has 1 aliphatic carbocycles. The van der Waals surface area contributed by atoms with Crippen molar-refractivity contribution in [2.45, 2.75) is 25.7 Å². The maximum Gasteiger partial charge on any atom is 0.242 e. The fourth-order valence-corrected chi connectivity index (χ4v) is 2.54. The maximum absolute atomic E-state index is 5.98. The Balaban J connectivity index is 1.89. The van der Waals surface area contributed by atoms with Crippen LogP contribution in [0.15, 0.2) is 24.4 Å². The van der Waals surface area contributed by atoms with Gasteiger partial charge in [0.15, 0.2) is 0 Å². The van der Waals surface area contributed by atoms with Crippen LogP contribution in [-0.2, 0) is 12.8 Å². The fraction of sp³-hybridized carbons (Fsp3) is 0.286. The molecule has 1 heterocycles. The molecule has 3 nitrogen and oxygen atoms in total. The van der Waals surface area contributed by atoms with Gasteiger partial charge in [-0.1, -0.05) is 17.7 Å². The number of aryl methyl sites for hydroxylation is 2. The largest absolute Gasteiger partial charge is 0.437 e. The van der Waals surface area contributed by atoms with Crippen molar-refractivity contribution in [2.75, 3.05) is 0 Å². The summed E-state index contributed by atoms with van der Waals surface area (Å²) < 4.78 is 5.69. The average Bonchev–Trinajstić information content (AvgIpc) is 2.43. The third-order valence-corrected chi connectivity index (χ3v) is 3.66. The van der Waals surface area contributed by atoms with E-state index in [0.717, 1.165) is 18.6 Å². The number of aromatic nitrogens is 2. The standard InChI is InChI=1S/C14H12Cl2N2O/c15-12-8-17-14(16)18-13(12)19-11-6-5-9-3-1-2-4-10(9)7-11/h5-8H,1-4H2. The summed E-state index contributed by atoms with van der Waals surface area (Å²) in [6, 6.07) is 6.11. The molecule has 2 aromatic rings. The monoisotopic (exact) mass is 294 g/mol. The van der Waals surface area contributed by atoms with E-state index in [1.54, 1.807) is 0 Å². The molecule has 0 saturated carbocycles. The molecular formula is C14H12Cl2N2O. The van der Waals surface area contributed by atoms with Crippen LogP contribution in [-0.4, -0.2) is 9.97 Å². The molecule has 3 rings (SSSR count). The summed E-state index contributed by atoms with van der Waals surface area (Å²) in [6.07, 6.45) is 6.18. The minimum atomic E-state index is 0.123. The van der Waals surface area contributed by atoms with Crippen LogP contribution in [0, 0.1) is 0 Å². The van der Waals surface area contributed by atoms with Gasteiger partial charge in [-0.3, -0.25) is 0 Å². The molecule has 19 heavy (non-hydrogen) atoms. The normalized spacial score (nSPS) is 14.0. The Morgan fingerprint density at radius 3 is 2.68 bits per heavy atom. The number of benzene rings is 1. The molecule has 98 valence electrons. The first-order valence-electron chi connectivity index (χ1n) is 6.20. The number of ether oxygens (including phenoxy) is 1. The number of halogens is 2. The van der Waals surface area contributed by atoms with Gasteiger partial charge in [0.25, 0.3) is 0 Å².